The highest BCUT2D eigenvalue weighted by Crippen LogP contribution is 2.27. The normalized spacial score (nSPS) is 18.3. The van der Waals surface area contributed by atoms with E-state index in [-0.39, 0.29) is 37.7 Å². The Morgan fingerprint density at radius 2 is 1.66 bits per heavy atom. The number of benzene rings is 3. The second kappa shape index (κ2) is 9.32. The van der Waals surface area contributed by atoms with E-state index >= 15 is 0 Å². The molecular formula is C26H25FN2O3. The Bertz CT molecular complexity index is 1100. The summed E-state index contributed by atoms with van der Waals surface area (Å²) < 4.78 is 19.1. The highest BCUT2D eigenvalue weighted by Gasteiger charge is 2.43. The van der Waals surface area contributed by atoms with Gasteiger partial charge in [0.2, 0.25) is 5.91 Å². The third kappa shape index (κ3) is 4.86. The Hall–Kier alpha value is -3.51. The first-order chi connectivity index (χ1) is 15.4. The number of nitrogens with zero attached hydrogens (tertiary/aromatic N) is 1. The van der Waals surface area contributed by atoms with Gasteiger partial charge < -0.3 is 15.4 Å². The van der Waals surface area contributed by atoms with Crippen LogP contribution in [0.4, 0.5) is 4.39 Å². The van der Waals surface area contributed by atoms with Crippen LogP contribution in [0.3, 0.4) is 0 Å². The fraction of sp³-hybridized carbons (Fsp3) is 0.231. The quantitative estimate of drug-likeness (QED) is 0.649. The van der Waals surface area contributed by atoms with Crippen molar-refractivity contribution in [2.75, 3.05) is 19.7 Å². The number of hydrogen-bond acceptors (Lipinski definition) is 3. The van der Waals surface area contributed by atoms with Gasteiger partial charge in [0, 0.05) is 13.0 Å². The molecule has 2 N–H and O–H groups in total. The van der Waals surface area contributed by atoms with Crippen molar-refractivity contribution >= 4 is 11.8 Å². The maximum absolute atomic E-state index is 13.1. The van der Waals surface area contributed by atoms with Crippen molar-refractivity contribution in [2.45, 2.75) is 18.4 Å². The van der Waals surface area contributed by atoms with Crippen LogP contribution in [0.1, 0.15) is 11.1 Å². The minimum Gasteiger partial charge on any atom is -0.367 e. The predicted octanol–water partition coefficient (Wildman–Crippen LogP) is 3.36. The zero-order valence-corrected chi connectivity index (χ0v) is 17.7. The lowest BCUT2D eigenvalue weighted by molar-refractivity contribution is -0.163. The summed E-state index contributed by atoms with van der Waals surface area (Å²) in [6, 6.07) is 23.7. The number of primary amides is 1. The number of nitrogens with two attached hydrogens (primary N) is 1. The number of ether oxygens (including phenoxy) is 1. The number of halogens is 1. The molecule has 5 nitrogen and oxygen atoms in total. The van der Waals surface area contributed by atoms with Crippen LogP contribution in [0, 0.1) is 5.82 Å². The fourth-order valence-electron chi connectivity index (χ4n) is 4.05. The molecule has 0 spiro atoms. The monoisotopic (exact) mass is 432 g/mol. The molecule has 0 aromatic heterocycles. The number of morpholine rings is 1. The van der Waals surface area contributed by atoms with Gasteiger partial charge in [-0.25, -0.2) is 4.39 Å². The van der Waals surface area contributed by atoms with Crippen LogP contribution in [0.5, 0.6) is 0 Å². The first-order valence-corrected chi connectivity index (χ1v) is 10.6. The zero-order valence-electron chi connectivity index (χ0n) is 17.7. The molecule has 0 radical (unpaired) electrons. The minimum atomic E-state index is -1.30. The molecule has 1 heterocycles. The SMILES string of the molecule is NC(=O)C1(Cc2cccc(-c3ccccc3)c2)CN(C(=O)Cc2ccc(F)cc2)CCO1. The third-order valence-corrected chi connectivity index (χ3v) is 5.78. The molecule has 3 aromatic carbocycles. The summed E-state index contributed by atoms with van der Waals surface area (Å²) in [7, 11) is 0. The van der Waals surface area contributed by atoms with Gasteiger partial charge >= 0.3 is 0 Å². The van der Waals surface area contributed by atoms with Crippen LogP contribution in [-0.4, -0.2) is 42.0 Å². The molecule has 3 aromatic rings. The molecule has 1 unspecified atom stereocenters. The first kappa shape index (κ1) is 21.7. The molecule has 0 bridgehead atoms. The Morgan fingerprint density at radius 3 is 2.38 bits per heavy atom. The second-order valence-corrected chi connectivity index (χ2v) is 8.07. The largest absolute Gasteiger partial charge is 0.367 e. The van der Waals surface area contributed by atoms with E-state index in [1.807, 2.05) is 54.6 Å². The van der Waals surface area contributed by atoms with Crippen LogP contribution in [0.25, 0.3) is 11.1 Å². The van der Waals surface area contributed by atoms with E-state index in [1.54, 1.807) is 17.0 Å². The molecule has 6 heteroatoms. The van der Waals surface area contributed by atoms with E-state index in [0.29, 0.717) is 12.1 Å². The lowest BCUT2D eigenvalue weighted by atomic mass is 9.90. The van der Waals surface area contributed by atoms with E-state index in [2.05, 4.69) is 0 Å². The molecule has 1 saturated heterocycles. The summed E-state index contributed by atoms with van der Waals surface area (Å²) in [4.78, 5) is 27.0. The number of amides is 2. The summed E-state index contributed by atoms with van der Waals surface area (Å²) in [5, 5.41) is 0. The molecule has 1 fully saturated rings. The van der Waals surface area contributed by atoms with E-state index in [1.165, 1.54) is 12.1 Å². The standard InChI is InChI=1S/C26H25FN2O3/c27-23-11-9-19(10-12-23)16-24(30)29-13-14-32-26(18-29,25(28)31)17-20-5-4-8-22(15-20)21-6-2-1-3-7-21/h1-12,15H,13-14,16-18H2,(H2,28,31). The topological polar surface area (TPSA) is 72.6 Å². The van der Waals surface area contributed by atoms with Crippen LogP contribution >= 0.6 is 0 Å². The van der Waals surface area contributed by atoms with Crippen LogP contribution in [0.2, 0.25) is 0 Å². The van der Waals surface area contributed by atoms with Gasteiger partial charge in [-0.15, -0.1) is 0 Å². The lowest BCUT2D eigenvalue weighted by Crippen LogP contribution is -2.61. The Labute approximate surface area is 186 Å². The van der Waals surface area contributed by atoms with Crippen molar-refractivity contribution in [1.82, 2.24) is 4.90 Å². The van der Waals surface area contributed by atoms with Crippen LogP contribution < -0.4 is 5.73 Å². The Balaban J connectivity index is 1.52. The van der Waals surface area contributed by atoms with Crippen molar-refractivity contribution in [3.8, 4) is 11.1 Å². The van der Waals surface area contributed by atoms with Crippen molar-refractivity contribution in [3.05, 3.63) is 95.8 Å². The molecule has 164 valence electrons. The van der Waals surface area contributed by atoms with Crippen molar-refractivity contribution < 1.29 is 18.7 Å². The zero-order chi connectivity index (χ0) is 22.6. The molecule has 1 aliphatic heterocycles. The summed E-state index contributed by atoms with van der Waals surface area (Å²) >= 11 is 0. The van der Waals surface area contributed by atoms with Gasteiger partial charge in [0.25, 0.3) is 5.91 Å². The van der Waals surface area contributed by atoms with Gasteiger partial charge in [-0.3, -0.25) is 9.59 Å². The van der Waals surface area contributed by atoms with E-state index in [9.17, 15) is 14.0 Å². The average molecular weight is 432 g/mol. The van der Waals surface area contributed by atoms with Crippen molar-refractivity contribution in [1.29, 1.82) is 0 Å². The maximum Gasteiger partial charge on any atom is 0.251 e. The summed E-state index contributed by atoms with van der Waals surface area (Å²) in [5.74, 6) is -1.09. The Morgan fingerprint density at radius 1 is 0.938 bits per heavy atom. The molecule has 0 aliphatic carbocycles. The third-order valence-electron chi connectivity index (χ3n) is 5.78. The number of carbonyl (C=O) groups excluding carboxylic acids is 2. The summed E-state index contributed by atoms with van der Waals surface area (Å²) in [6.45, 7) is 0.674. The van der Waals surface area contributed by atoms with Gasteiger partial charge in [0.05, 0.1) is 19.6 Å². The Kier molecular flexibility index (Phi) is 6.32. The van der Waals surface area contributed by atoms with Gasteiger partial charge in [-0.2, -0.15) is 0 Å². The number of carbonyl (C=O) groups is 2. The molecule has 32 heavy (non-hydrogen) atoms. The molecule has 1 aliphatic rings. The van der Waals surface area contributed by atoms with Crippen molar-refractivity contribution in [2.24, 2.45) is 5.73 Å². The predicted molar refractivity (Wildman–Crippen MR) is 120 cm³/mol. The van der Waals surface area contributed by atoms with Gasteiger partial charge in [-0.1, -0.05) is 66.7 Å². The van der Waals surface area contributed by atoms with E-state index in [0.717, 1.165) is 16.7 Å². The van der Waals surface area contributed by atoms with Crippen molar-refractivity contribution in [3.63, 3.8) is 0 Å². The van der Waals surface area contributed by atoms with E-state index < -0.39 is 11.5 Å². The molecule has 2 amide bonds. The lowest BCUT2D eigenvalue weighted by Gasteiger charge is -2.41. The highest BCUT2D eigenvalue weighted by atomic mass is 19.1. The maximum atomic E-state index is 13.1. The van der Waals surface area contributed by atoms with Crippen LogP contribution in [-0.2, 0) is 27.2 Å². The van der Waals surface area contributed by atoms with E-state index in [4.69, 9.17) is 10.5 Å². The van der Waals surface area contributed by atoms with Crippen LogP contribution in [0.15, 0.2) is 78.9 Å². The van der Waals surface area contributed by atoms with Gasteiger partial charge in [-0.05, 0) is 34.4 Å². The molecule has 0 saturated carbocycles. The number of rotatable bonds is 6. The number of hydrogen-bond donors (Lipinski definition) is 1. The molecule has 4 rings (SSSR count). The smallest absolute Gasteiger partial charge is 0.251 e. The second-order valence-electron chi connectivity index (χ2n) is 8.07. The average Bonchev–Trinajstić information content (AvgIpc) is 2.81. The summed E-state index contributed by atoms with van der Waals surface area (Å²) in [6.07, 6.45) is 0.391. The molecular weight excluding hydrogens is 407 g/mol. The minimum absolute atomic E-state index is 0.0813. The first-order valence-electron chi connectivity index (χ1n) is 10.6. The summed E-state index contributed by atoms with van der Waals surface area (Å²) in [5.41, 5.74) is 8.20. The highest BCUT2D eigenvalue weighted by molar-refractivity contribution is 5.86. The van der Waals surface area contributed by atoms with Gasteiger partial charge in [0.1, 0.15) is 5.82 Å². The van der Waals surface area contributed by atoms with Gasteiger partial charge in [0.15, 0.2) is 5.60 Å². The molecule has 1 atom stereocenters. The fourth-order valence-corrected chi connectivity index (χ4v) is 4.05.